The number of nitrogens with zero attached hydrogens (tertiary/aromatic N) is 3. The molecule has 1 amide bonds. The summed E-state index contributed by atoms with van der Waals surface area (Å²) in [7, 11) is -4.58. The lowest BCUT2D eigenvalue weighted by Gasteiger charge is -2.29. The smallest absolute Gasteiger partial charge is 0.465 e. The molecule has 2 aliphatic heterocycles. The molecule has 1 aromatic heterocycles. The van der Waals surface area contributed by atoms with E-state index < -0.39 is 39.7 Å². The average Bonchev–Trinajstić information content (AvgIpc) is 3.07. The van der Waals surface area contributed by atoms with E-state index in [1.54, 1.807) is 18.2 Å². The van der Waals surface area contributed by atoms with Crippen LogP contribution in [0.3, 0.4) is 0 Å². The normalized spacial score (nSPS) is 19.1. The molecule has 1 aromatic carbocycles. The van der Waals surface area contributed by atoms with Crippen LogP contribution in [0.2, 0.25) is 0 Å². The van der Waals surface area contributed by atoms with Crippen LogP contribution < -0.4 is 0 Å². The molecule has 0 N–H and O–H groups in total. The molecule has 0 bridgehead atoms. The Morgan fingerprint density at radius 3 is 2.65 bits per heavy atom. The first kappa shape index (κ1) is 24.0. The van der Waals surface area contributed by atoms with E-state index in [2.05, 4.69) is 9.17 Å². The van der Waals surface area contributed by atoms with Crippen molar-refractivity contribution in [3.8, 4) is 0 Å². The van der Waals surface area contributed by atoms with Crippen LogP contribution >= 0.6 is 0 Å². The van der Waals surface area contributed by atoms with Gasteiger partial charge in [-0.1, -0.05) is 0 Å². The van der Waals surface area contributed by atoms with Gasteiger partial charge in [0, 0.05) is 13.2 Å². The average molecular weight is 503 g/mol. The summed E-state index contributed by atoms with van der Waals surface area (Å²) in [6.07, 6.45) is 1.23. The Balaban J connectivity index is 1.59. The Labute approximate surface area is 192 Å². The molecule has 4 rings (SSSR count). The van der Waals surface area contributed by atoms with E-state index in [0.717, 1.165) is 12.5 Å². The number of fused-ring (bicyclic) bond motifs is 1. The highest BCUT2D eigenvalue weighted by Gasteiger charge is 2.49. The van der Waals surface area contributed by atoms with E-state index in [1.165, 1.54) is 12.0 Å². The fourth-order valence-electron chi connectivity index (χ4n) is 3.60. The van der Waals surface area contributed by atoms with Crippen molar-refractivity contribution >= 4 is 33.0 Å². The van der Waals surface area contributed by atoms with Crippen molar-refractivity contribution < 1.29 is 44.8 Å². The highest BCUT2D eigenvalue weighted by Crippen LogP contribution is 2.29. The van der Waals surface area contributed by atoms with Crippen molar-refractivity contribution in [2.75, 3.05) is 20.3 Å². The number of carbonyl (C=O) groups excluding carboxylic acids is 2. The number of benzene rings is 1. The summed E-state index contributed by atoms with van der Waals surface area (Å²) in [5, 5.41) is 0. The van der Waals surface area contributed by atoms with Gasteiger partial charge in [-0.25, -0.2) is 9.78 Å². The maximum Gasteiger partial charge on any atom is 0.534 e. The van der Waals surface area contributed by atoms with Crippen molar-refractivity contribution in [1.29, 1.82) is 0 Å². The van der Waals surface area contributed by atoms with Crippen molar-refractivity contribution in [3.05, 3.63) is 41.4 Å². The number of hydrogen-bond donors (Lipinski definition) is 0. The number of amides is 1. The summed E-state index contributed by atoms with van der Waals surface area (Å²) >= 11 is 0. The molecule has 0 unspecified atom stereocenters. The van der Waals surface area contributed by atoms with E-state index in [1.807, 2.05) is 4.57 Å². The molecule has 0 radical (unpaired) electrons. The summed E-state index contributed by atoms with van der Waals surface area (Å²) in [5.41, 5.74) is -4.07. The van der Waals surface area contributed by atoms with Crippen molar-refractivity contribution in [3.63, 3.8) is 0 Å². The molecule has 10 nitrogen and oxygen atoms in total. The number of aromatic nitrogens is 2. The van der Waals surface area contributed by atoms with E-state index in [4.69, 9.17) is 9.47 Å². The van der Waals surface area contributed by atoms with Crippen molar-refractivity contribution in [2.24, 2.45) is 0 Å². The van der Waals surface area contributed by atoms with Gasteiger partial charge in [0.25, 0.3) is 0 Å². The molecular weight excluding hydrogens is 483 g/mol. The third kappa shape index (κ3) is 4.73. The highest BCUT2D eigenvalue weighted by molar-refractivity contribution is 7.87. The van der Waals surface area contributed by atoms with Gasteiger partial charge in [-0.15, -0.1) is 0 Å². The van der Waals surface area contributed by atoms with Crippen LogP contribution in [0.5, 0.6) is 0 Å². The number of imidazole rings is 1. The minimum Gasteiger partial charge on any atom is -0.465 e. The van der Waals surface area contributed by atoms with Gasteiger partial charge in [-0.05, 0) is 30.7 Å². The zero-order chi connectivity index (χ0) is 24.7. The van der Waals surface area contributed by atoms with Gasteiger partial charge in [0.2, 0.25) is 5.91 Å². The molecule has 0 spiro atoms. The summed E-state index contributed by atoms with van der Waals surface area (Å²) in [6, 6.07) is 4.84. The van der Waals surface area contributed by atoms with Gasteiger partial charge in [0.15, 0.2) is 0 Å². The first-order valence-electron chi connectivity index (χ1n) is 10.1. The standard InChI is InChI=1S/C20H20F3N3O7S/c1-31-19(28)12-2-3-15-16(8-12)26(10-14-5-7-32-14)17(24-15)11-25-6-4-13(9-18(25)27)33-34(29,30)20(21,22)23/h2-4,8,14H,5-7,9-11H2,1H3/t14-/m0/s1. The molecule has 2 aliphatic rings. The lowest BCUT2D eigenvalue weighted by atomic mass is 10.1. The first-order chi connectivity index (χ1) is 16.0. The number of esters is 1. The Morgan fingerprint density at radius 2 is 2.06 bits per heavy atom. The Kier molecular flexibility index (Phi) is 6.29. The molecule has 3 heterocycles. The second-order valence-electron chi connectivity index (χ2n) is 7.72. The van der Waals surface area contributed by atoms with Crippen LogP contribution in [0, 0.1) is 0 Å². The maximum atomic E-state index is 12.5. The van der Waals surface area contributed by atoms with Gasteiger partial charge < -0.3 is 23.1 Å². The lowest BCUT2D eigenvalue weighted by molar-refractivity contribution is -0.132. The fraction of sp³-hybridized carbons (Fsp3) is 0.450. The monoisotopic (exact) mass is 503 g/mol. The molecule has 184 valence electrons. The van der Waals surface area contributed by atoms with Crippen LogP contribution in [0.1, 0.15) is 29.0 Å². The van der Waals surface area contributed by atoms with Crippen LogP contribution in [0.15, 0.2) is 30.0 Å². The summed E-state index contributed by atoms with van der Waals surface area (Å²) in [4.78, 5) is 30.4. The quantitative estimate of drug-likeness (QED) is 0.320. The molecule has 1 saturated heterocycles. The molecule has 14 heteroatoms. The van der Waals surface area contributed by atoms with Crippen molar-refractivity contribution in [2.45, 2.75) is 37.5 Å². The Morgan fingerprint density at radius 1 is 1.32 bits per heavy atom. The van der Waals surface area contributed by atoms with Gasteiger partial charge >= 0.3 is 21.6 Å². The predicted molar refractivity (Wildman–Crippen MR) is 110 cm³/mol. The second kappa shape index (κ2) is 8.91. The predicted octanol–water partition coefficient (Wildman–Crippen LogP) is 2.09. The first-order valence-corrected chi connectivity index (χ1v) is 11.6. The SMILES string of the molecule is COC(=O)c1ccc2nc(CN3CC=C(OS(=O)(=O)C(F)(F)F)CC3=O)n(C[C@@H]3CCO3)c2c1. The molecule has 34 heavy (non-hydrogen) atoms. The topological polar surface area (TPSA) is 117 Å². The minimum atomic E-state index is -5.85. The fourth-order valence-corrected chi connectivity index (χ4v) is 4.10. The third-order valence-corrected chi connectivity index (χ3v) is 6.48. The second-order valence-corrected chi connectivity index (χ2v) is 9.26. The summed E-state index contributed by atoms with van der Waals surface area (Å²) in [5.74, 6) is -1.25. The zero-order valence-corrected chi connectivity index (χ0v) is 18.7. The summed E-state index contributed by atoms with van der Waals surface area (Å²) in [6.45, 7) is 0.882. The zero-order valence-electron chi connectivity index (χ0n) is 17.9. The number of halogens is 3. The highest BCUT2D eigenvalue weighted by atomic mass is 32.2. The molecule has 1 fully saturated rings. The Bertz CT molecular complexity index is 1270. The number of hydrogen-bond acceptors (Lipinski definition) is 8. The van der Waals surface area contributed by atoms with E-state index in [9.17, 15) is 31.2 Å². The number of ether oxygens (including phenoxy) is 2. The summed E-state index contributed by atoms with van der Waals surface area (Å²) < 4.78 is 76.2. The molecule has 0 aliphatic carbocycles. The van der Waals surface area contributed by atoms with Crippen molar-refractivity contribution in [1.82, 2.24) is 14.5 Å². The van der Waals surface area contributed by atoms with Crippen LogP contribution in [0.25, 0.3) is 11.0 Å². The lowest BCUT2D eigenvalue weighted by Crippen LogP contribution is -2.37. The van der Waals surface area contributed by atoms with Gasteiger partial charge in [-0.3, -0.25) is 4.79 Å². The Hall–Kier alpha value is -3.13. The number of carbonyl (C=O) groups is 2. The molecular formula is C20H20F3N3O7S. The van der Waals surface area contributed by atoms with Crippen LogP contribution in [-0.4, -0.2) is 66.6 Å². The molecule has 2 aromatic rings. The molecule has 0 saturated carbocycles. The van der Waals surface area contributed by atoms with E-state index >= 15 is 0 Å². The number of rotatable bonds is 7. The largest absolute Gasteiger partial charge is 0.534 e. The van der Waals surface area contributed by atoms with E-state index in [-0.39, 0.29) is 19.2 Å². The van der Waals surface area contributed by atoms with E-state index in [0.29, 0.717) is 35.6 Å². The van der Waals surface area contributed by atoms with Crippen LogP contribution in [-0.2, 0) is 41.7 Å². The molecule has 1 atom stereocenters. The van der Waals surface area contributed by atoms with Crippen LogP contribution in [0.4, 0.5) is 13.2 Å². The minimum absolute atomic E-state index is 0.00356. The maximum absolute atomic E-state index is 12.5. The van der Waals surface area contributed by atoms with Gasteiger partial charge in [-0.2, -0.15) is 21.6 Å². The third-order valence-electron chi connectivity index (χ3n) is 5.48. The van der Waals surface area contributed by atoms with Gasteiger partial charge in [0.1, 0.15) is 11.6 Å². The van der Waals surface area contributed by atoms with Gasteiger partial charge in [0.05, 0.1) is 49.3 Å². The number of methoxy groups -OCH3 is 1. The number of alkyl halides is 3.